The average molecular weight is 427 g/mol. The Morgan fingerprint density at radius 2 is 1.83 bits per heavy atom. The molecule has 4 rings (SSSR count). The van der Waals surface area contributed by atoms with Gasteiger partial charge in [0.1, 0.15) is 11.3 Å². The highest BCUT2D eigenvalue weighted by molar-refractivity contribution is 7.91. The number of nitrogens with zero attached hydrogens (tertiary/aromatic N) is 1. The van der Waals surface area contributed by atoms with Crippen molar-refractivity contribution in [3.05, 3.63) is 66.0 Å². The fourth-order valence-electron chi connectivity index (χ4n) is 2.90. The number of para-hydroxylation sites is 1. The van der Waals surface area contributed by atoms with Crippen molar-refractivity contribution < 1.29 is 17.6 Å². The third-order valence-corrected chi connectivity index (χ3v) is 6.92. The van der Waals surface area contributed by atoms with Gasteiger partial charge in [0.2, 0.25) is 5.91 Å². The molecule has 2 aromatic carbocycles. The predicted molar refractivity (Wildman–Crippen MR) is 114 cm³/mol. The molecule has 0 atom stereocenters. The maximum Gasteiger partial charge on any atom is 0.226 e. The Balaban J connectivity index is 1.33. The van der Waals surface area contributed by atoms with Crippen LogP contribution in [0.15, 0.2) is 75.4 Å². The number of rotatable bonds is 7. The number of aromatic nitrogens is 1. The van der Waals surface area contributed by atoms with Crippen molar-refractivity contribution in [2.24, 2.45) is 0 Å². The third-order valence-electron chi connectivity index (χ3n) is 4.35. The summed E-state index contributed by atoms with van der Waals surface area (Å²) in [7, 11) is -3.38. The van der Waals surface area contributed by atoms with Crippen molar-refractivity contribution in [1.82, 2.24) is 4.98 Å². The number of hydrogen-bond acceptors (Lipinski definition) is 6. The number of sulfone groups is 1. The second-order valence-electron chi connectivity index (χ2n) is 6.47. The van der Waals surface area contributed by atoms with Gasteiger partial charge in [-0.3, -0.25) is 4.79 Å². The summed E-state index contributed by atoms with van der Waals surface area (Å²) in [5.41, 5.74) is 1.42. The Bertz CT molecular complexity index is 1210. The first kappa shape index (κ1) is 19.4. The van der Waals surface area contributed by atoms with Gasteiger partial charge in [0, 0.05) is 17.2 Å². The van der Waals surface area contributed by atoms with E-state index in [-0.39, 0.29) is 29.4 Å². The fourth-order valence-corrected chi connectivity index (χ4v) is 4.95. The normalized spacial score (nSPS) is 11.6. The number of benzene rings is 2. The molecular weight excluding hydrogens is 408 g/mol. The molecule has 0 fully saturated rings. The van der Waals surface area contributed by atoms with Crippen LogP contribution in [0.25, 0.3) is 22.4 Å². The molecule has 0 aliphatic heterocycles. The maximum absolute atomic E-state index is 12.3. The minimum absolute atomic E-state index is 0.0768. The van der Waals surface area contributed by atoms with Gasteiger partial charge in [-0.15, -0.1) is 11.3 Å². The first-order chi connectivity index (χ1) is 14.0. The highest BCUT2D eigenvalue weighted by atomic mass is 32.2. The second kappa shape index (κ2) is 8.18. The van der Waals surface area contributed by atoms with E-state index in [2.05, 4.69) is 10.3 Å². The van der Waals surface area contributed by atoms with E-state index in [9.17, 15) is 13.2 Å². The lowest BCUT2D eigenvalue weighted by atomic mass is 10.2. The van der Waals surface area contributed by atoms with Crippen LogP contribution in [0.4, 0.5) is 5.13 Å². The van der Waals surface area contributed by atoms with Crippen LogP contribution in [0.3, 0.4) is 0 Å². The zero-order valence-corrected chi connectivity index (χ0v) is 17.0. The summed E-state index contributed by atoms with van der Waals surface area (Å²) >= 11 is 1.30. The number of fused-ring (bicyclic) bond motifs is 1. The number of furan rings is 1. The summed E-state index contributed by atoms with van der Waals surface area (Å²) in [5, 5.41) is 5.98. The van der Waals surface area contributed by atoms with Crippen LogP contribution in [0.5, 0.6) is 0 Å². The molecule has 1 N–H and O–H groups in total. The Hall–Kier alpha value is -2.97. The lowest BCUT2D eigenvalue weighted by Crippen LogP contribution is -2.14. The number of thiazole rings is 1. The zero-order valence-electron chi connectivity index (χ0n) is 15.4. The topological polar surface area (TPSA) is 89.3 Å². The van der Waals surface area contributed by atoms with Crippen molar-refractivity contribution in [3.63, 3.8) is 0 Å². The third kappa shape index (κ3) is 4.55. The molecule has 0 spiro atoms. The number of anilines is 1. The summed E-state index contributed by atoms with van der Waals surface area (Å²) in [5.74, 6) is 0.294. The zero-order chi connectivity index (χ0) is 20.3. The molecule has 29 heavy (non-hydrogen) atoms. The van der Waals surface area contributed by atoms with Crippen LogP contribution in [0.1, 0.15) is 12.8 Å². The molecule has 8 heteroatoms. The number of carbonyl (C=O) groups is 1. The Morgan fingerprint density at radius 1 is 1.07 bits per heavy atom. The molecule has 6 nitrogen and oxygen atoms in total. The van der Waals surface area contributed by atoms with Crippen molar-refractivity contribution in [2.45, 2.75) is 17.7 Å². The molecule has 0 saturated heterocycles. The highest BCUT2D eigenvalue weighted by Gasteiger charge is 2.15. The fraction of sp³-hybridized carbons (Fsp3) is 0.143. The van der Waals surface area contributed by atoms with Crippen molar-refractivity contribution >= 4 is 43.2 Å². The molecular formula is C21H18N2O4S2. The molecule has 0 radical (unpaired) electrons. The number of nitrogens with one attached hydrogen (secondary N) is 1. The van der Waals surface area contributed by atoms with Gasteiger partial charge in [0.25, 0.3) is 0 Å². The van der Waals surface area contributed by atoms with Crippen LogP contribution in [0.2, 0.25) is 0 Å². The van der Waals surface area contributed by atoms with Gasteiger partial charge in [-0.2, -0.15) is 0 Å². The van der Waals surface area contributed by atoms with Crippen molar-refractivity contribution in [3.8, 4) is 11.5 Å². The molecule has 0 unspecified atom stereocenters. The molecule has 0 aliphatic carbocycles. The average Bonchev–Trinajstić information content (AvgIpc) is 3.35. The van der Waals surface area contributed by atoms with Crippen LogP contribution >= 0.6 is 11.3 Å². The summed E-state index contributed by atoms with van der Waals surface area (Å²) in [6.07, 6.45) is 0.344. The van der Waals surface area contributed by atoms with E-state index in [1.807, 2.05) is 35.7 Å². The van der Waals surface area contributed by atoms with Crippen molar-refractivity contribution in [1.29, 1.82) is 0 Å². The lowest BCUT2D eigenvalue weighted by Gasteiger charge is -2.04. The highest BCUT2D eigenvalue weighted by Crippen LogP contribution is 2.30. The summed E-state index contributed by atoms with van der Waals surface area (Å²) in [4.78, 5) is 16.8. The van der Waals surface area contributed by atoms with Gasteiger partial charge < -0.3 is 9.73 Å². The maximum atomic E-state index is 12.3. The molecule has 2 heterocycles. The monoisotopic (exact) mass is 426 g/mol. The number of carbonyl (C=O) groups excluding carboxylic acids is 1. The predicted octanol–water partition coefficient (Wildman–Crippen LogP) is 4.75. The van der Waals surface area contributed by atoms with E-state index in [0.29, 0.717) is 16.6 Å². The van der Waals surface area contributed by atoms with Crippen LogP contribution in [-0.4, -0.2) is 25.1 Å². The molecule has 0 saturated carbocycles. The summed E-state index contributed by atoms with van der Waals surface area (Å²) < 4.78 is 30.3. The number of amides is 1. The lowest BCUT2D eigenvalue weighted by molar-refractivity contribution is -0.116. The Morgan fingerprint density at radius 3 is 2.62 bits per heavy atom. The van der Waals surface area contributed by atoms with Gasteiger partial charge >= 0.3 is 0 Å². The van der Waals surface area contributed by atoms with Gasteiger partial charge in [-0.05, 0) is 30.7 Å². The first-order valence-electron chi connectivity index (χ1n) is 9.03. The van der Waals surface area contributed by atoms with Gasteiger partial charge in [0.15, 0.2) is 20.7 Å². The Kier molecular flexibility index (Phi) is 5.46. The molecule has 4 aromatic rings. The van der Waals surface area contributed by atoms with E-state index in [1.54, 1.807) is 30.3 Å². The van der Waals surface area contributed by atoms with Crippen molar-refractivity contribution in [2.75, 3.05) is 11.1 Å². The number of hydrogen-bond donors (Lipinski definition) is 1. The van der Waals surface area contributed by atoms with E-state index >= 15 is 0 Å². The minimum Gasteiger partial charge on any atom is -0.454 e. The molecule has 0 bridgehead atoms. The van der Waals surface area contributed by atoms with Crippen LogP contribution in [0, 0.1) is 0 Å². The molecule has 2 aromatic heterocycles. The van der Waals surface area contributed by atoms with E-state index in [1.165, 1.54) is 11.3 Å². The molecule has 1 amide bonds. The largest absolute Gasteiger partial charge is 0.454 e. The quantitative estimate of drug-likeness (QED) is 0.461. The Labute approximate surface area is 172 Å². The standard InChI is InChI=1S/C21H18N2O4S2/c24-20(11-6-12-29(25,26)16-8-2-1-3-9-16)23-21-22-17(14-28-21)19-13-15-7-4-5-10-18(15)27-19/h1-5,7-10,13-14H,6,11-12H2,(H,22,23,24). The van der Waals surface area contributed by atoms with Gasteiger partial charge in [-0.1, -0.05) is 36.4 Å². The van der Waals surface area contributed by atoms with Crippen LogP contribution < -0.4 is 5.32 Å². The van der Waals surface area contributed by atoms with E-state index < -0.39 is 9.84 Å². The first-order valence-corrected chi connectivity index (χ1v) is 11.6. The SMILES string of the molecule is O=C(CCCS(=O)(=O)c1ccccc1)Nc1nc(-c2cc3ccccc3o2)cs1. The molecule has 0 aliphatic rings. The summed E-state index contributed by atoms with van der Waals surface area (Å²) in [6, 6.07) is 17.8. The summed E-state index contributed by atoms with van der Waals surface area (Å²) in [6.45, 7) is 0. The van der Waals surface area contributed by atoms with Gasteiger partial charge in [-0.25, -0.2) is 13.4 Å². The smallest absolute Gasteiger partial charge is 0.226 e. The van der Waals surface area contributed by atoms with Gasteiger partial charge in [0.05, 0.1) is 10.6 Å². The van der Waals surface area contributed by atoms with E-state index in [4.69, 9.17) is 4.42 Å². The molecule has 148 valence electrons. The second-order valence-corrected chi connectivity index (χ2v) is 9.44. The van der Waals surface area contributed by atoms with E-state index in [0.717, 1.165) is 11.0 Å². The van der Waals surface area contributed by atoms with Crippen LogP contribution in [-0.2, 0) is 14.6 Å². The minimum atomic E-state index is -3.38.